The van der Waals surface area contributed by atoms with Gasteiger partial charge in [0.1, 0.15) is 0 Å². The second-order valence-corrected chi connectivity index (χ2v) is 4.66. The van der Waals surface area contributed by atoms with Gasteiger partial charge in [0, 0.05) is 5.54 Å². The zero-order valence-electron chi connectivity index (χ0n) is 10.4. The smallest absolute Gasteiger partial charge is 0.0409 e. The van der Waals surface area contributed by atoms with E-state index in [0.29, 0.717) is 5.92 Å². The molecule has 0 aliphatic carbocycles. The molecule has 0 saturated heterocycles. The molecule has 0 aromatic heterocycles. The molecule has 1 heteroatoms. The van der Waals surface area contributed by atoms with Gasteiger partial charge < -0.3 is 5.73 Å². The van der Waals surface area contributed by atoms with Crippen molar-refractivity contribution in [2.45, 2.75) is 46.1 Å². The third-order valence-electron chi connectivity index (χ3n) is 3.51. The predicted molar refractivity (Wildman–Crippen MR) is 66.8 cm³/mol. The van der Waals surface area contributed by atoms with Crippen LogP contribution >= 0.6 is 0 Å². The minimum Gasteiger partial charge on any atom is -0.321 e. The van der Waals surface area contributed by atoms with Crippen LogP contribution in [0.3, 0.4) is 0 Å². The molecule has 1 atom stereocenters. The lowest BCUT2D eigenvalue weighted by atomic mass is 9.77. The average Bonchev–Trinajstić information content (AvgIpc) is 2.19. The van der Waals surface area contributed by atoms with Crippen LogP contribution in [-0.4, -0.2) is 0 Å². The molecule has 1 aromatic rings. The number of rotatable bonds is 4. The molecular formula is C14H23N. The fraction of sp³-hybridized carbons (Fsp3) is 0.571. The van der Waals surface area contributed by atoms with E-state index in [4.69, 9.17) is 5.73 Å². The molecule has 0 radical (unpaired) electrons. The Kier molecular flexibility index (Phi) is 3.92. The first-order valence-electron chi connectivity index (χ1n) is 5.88. The number of hydrogen-bond donors (Lipinski definition) is 1. The molecule has 1 nitrogen and oxygen atoms in total. The van der Waals surface area contributed by atoms with Gasteiger partial charge in [0.15, 0.2) is 0 Å². The van der Waals surface area contributed by atoms with Crippen LogP contribution in [0.4, 0.5) is 0 Å². The van der Waals surface area contributed by atoms with Crippen molar-refractivity contribution in [3.05, 3.63) is 35.4 Å². The van der Waals surface area contributed by atoms with Gasteiger partial charge in [0.25, 0.3) is 0 Å². The highest BCUT2D eigenvalue weighted by molar-refractivity contribution is 5.27. The summed E-state index contributed by atoms with van der Waals surface area (Å²) >= 11 is 0. The van der Waals surface area contributed by atoms with Crippen LogP contribution in [0.2, 0.25) is 0 Å². The largest absolute Gasteiger partial charge is 0.321 e. The molecule has 1 rings (SSSR count). The van der Waals surface area contributed by atoms with E-state index in [0.717, 1.165) is 12.8 Å². The third kappa shape index (κ3) is 2.60. The van der Waals surface area contributed by atoms with Crippen molar-refractivity contribution in [1.29, 1.82) is 0 Å². The van der Waals surface area contributed by atoms with Crippen LogP contribution in [0.25, 0.3) is 0 Å². The molecule has 0 bridgehead atoms. The highest BCUT2D eigenvalue weighted by atomic mass is 14.7. The van der Waals surface area contributed by atoms with Crippen LogP contribution in [0.5, 0.6) is 0 Å². The Balaban J connectivity index is 2.98. The fourth-order valence-electron chi connectivity index (χ4n) is 2.29. The van der Waals surface area contributed by atoms with Crippen LogP contribution in [0.15, 0.2) is 24.3 Å². The predicted octanol–water partition coefficient (Wildman–Crippen LogP) is 3.61. The van der Waals surface area contributed by atoms with Crippen LogP contribution in [0.1, 0.15) is 44.7 Å². The number of nitrogens with two attached hydrogens (primary N) is 1. The molecule has 0 spiro atoms. The summed E-state index contributed by atoms with van der Waals surface area (Å²) in [5, 5.41) is 0. The molecule has 0 fully saturated rings. The molecule has 2 N–H and O–H groups in total. The molecule has 1 aromatic carbocycles. The Hall–Kier alpha value is -0.820. The van der Waals surface area contributed by atoms with Crippen molar-refractivity contribution < 1.29 is 0 Å². The van der Waals surface area contributed by atoms with Gasteiger partial charge in [-0.3, -0.25) is 0 Å². The first-order valence-corrected chi connectivity index (χ1v) is 5.88. The Labute approximate surface area is 93.7 Å². The summed E-state index contributed by atoms with van der Waals surface area (Å²) in [6.45, 7) is 8.69. The molecule has 0 aliphatic rings. The zero-order valence-corrected chi connectivity index (χ0v) is 10.4. The van der Waals surface area contributed by atoms with Gasteiger partial charge in [-0.1, -0.05) is 56.5 Å². The van der Waals surface area contributed by atoms with Gasteiger partial charge in [-0.05, 0) is 25.3 Å². The molecule has 0 heterocycles. The second kappa shape index (κ2) is 4.80. The third-order valence-corrected chi connectivity index (χ3v) is 3.51. The van der Waals surface area contributed by atoms with Crippen LogP contribution < -0.4 is 5.73 Å². The summed E-state index contributed by atoms with van der Waals surface area (Å²) < 4.78 is 0. The minimum absolute atomic E-state index is 0.197. The van der Waals surface area contributed by atoms with E-state index >= 15 is 0 Å². The van der Waals surface area contributed by atoms with Crippen molar-refractivity contribution in [3.63, 3.8) is 0 Å². The maximum Gasteiger partial charge on any atom is 0.0409 e. The molecule has 0 aliphatic heterocycles. The first kappa shape index (κ1) is 12.3. The molecular weight excluding hydrogens is 182 g/mol. The summed E-state index contributed by atoms with van der Waals surface area (Å²) in [4.78, 5) is 0. The monoisotopic (exact) mass is 205 g/mol. The normalized spacial score (nSPS) is 15.3. The highest BCUT2D eigenvalue weighted by Crippen LogP contribution is 2.31. The lowest BCUT2D eigenvalue weighted by molar-refractivity contribution is 0.282. The maximum absolute atomic E-state index is 6.45. The summed E-state index contributed by atoms with van der Waals surface area (Å²) in [7, 11) is 0. The van der Waals surface area contributed by atoms with E-state index < -0.39 is 0 Å². The van der Waals surface area contributed by atoms with Gasteiger partial charge in [-0.25, -0.2) is 0 Å². The summed E-state index contributed by atoms with van der Waals surface area (Å²) in [5.74, 6) is 0.556. The Morgan fingerprint density at radius 2 is 1.60 bits per heavy atom. The van der Waals surface area contributed by atoms with Crippen molar-refractivity contribution in [3.8, 4) is 0 Å². The lowest BCUT2D eigenvalue weighted by Crippen LogP contribution is -2.40. The quantitative estimate of drug-likeness (QED) is 0.798. The van der Waals surface area contributed by atoms with E-state index in [1.807, 2.05) is 0 Å². The summed E-state index contributed by atoms with van der Waals surface area (Å²) in [5.41, 5.74) is 8.80. The Morgan fingerprint density at radius 1 is 1.13 bits per heavy atom. The van der Waals surface area contributed by atoms with E-state index in [1.54, 1.807) is 0 Å². The Bertz CT molecular complexity index is 294. The topological polar surface area (TPSA) is 26.0 Å². The van der Waals surface area contributed by atoms with E-state index in [1.165, 1.54) is 11.1 Å². The van der Waals surface area contributed by atoms with Gasteiger partial charge in [0.05, 0.1) is 0 Å². The van der Waals surface area contributed by atoms with Crippen molar-refractivity contribution in [2.24, 2.45) is 11.7 Å². The van der Waals surface area contributed by atoms with Crippen molar-refractivity contribution in [2.75, 3.05) is 0 Å². The van der Waals surface area contributed by atoms with E-state index in [9.17, 15) is 0 Å². The minimum atomic E-state index is -0.197. The molecule has 0 amide bonds. The van der Waals surface area contributed by atoms with Gasteiger partial charge in [0.2, 0.25) is 0 Å². The SMILES string of the molecule is CCC(CC)C(C)(N)c1ccc(C)cc1. The van der Waals surface area contributed by atoms with Gasteiger partial charge in [-0.15, -0.1) is 0 Å². The number of aryl methyl sites for hydroxylation is 1. The number of benzene rings is 1. The zero-order chi connectivity index (χ0) is 11.5. The second-order valence-electron chi connectivity index (χ2n) is 4.66. The van der Waals surface area contributed by atoms with Crippen molar-refractivity contribution >= 4 is 0 Å². The first-order chi connectivity index (χ1) is 7.02. The average molecular weight is 205 g/mol. The highest BCUT2D eigenvalue weighted by Gasteiger charge is 2.28. The maximum atomic E-state index is 6.45. The molecule has 1 unspecified atom stereocenters. The van der Waals surface area contributed by atoms with Crippen LogP contribution in [0, 0.1) is 12.8 Å². The molecule has 84 valence electrons. The molecule has 0 saturated carbocycles. The van der Waals surface area contributed by atoms with E-state index in [-0.39, 0.29) is 5.54 Å². The summed E-state index contributed by atoms with van der Waals surface area (Å²) in [6.07, 6.45) is 2.27. The van der Waals surface area contributed by atoms with Crippen LogP contribution in [-0.2, 0) is 5.54 Å². The van der Waals surface area contributed by atoms with Gasteiger partial charge >= 0.3 is 0 Å². The van der Waals surface area contributed by atoms with Crippen molar-refractivity contribution in [1.82, 2.24) is 0 Å². The fourth-order valence-corrected chi connectivity index (χ4v) is 2.29. The summed E-state index contributed by atoms with van der Waals surface area (Å²) in [6, 6.07) is 8.60. The Morgan fingerprint density at radius 3 is 2.00 bits per heavy atom. The number of hydrogen-bond acceptors (Lipinski definition) is 1. The van der Waals surface area contributed by atoms with Gasteiger partial charge in [-0.2, -0.15) is 0 Å². The standard InChI is InChI=1S/C14H23N/c1-5-12(6-2)14(4,15)13-9-7-11(3)8-10-13/h7-10,12H,5-6,15H2,1-4H3. The lowest BCUT2D eigenvalue weighted by Gasteiger charge is -2.33. The van der Waals surface area contributed by atoms with E-state index in [2.05, 4.69) is 52.0 Å². The molecule has 15 heavy (non-hydrogen) atoms.